The van der Waals surface area contributed by atoms with Gasteiger partial charge in [-0.2, -0.15) is 0 Å². The first-order chi connectivity index (χ1) is 12.7. The molecule has 0 bridgehead atoms. The standard InChI is InChI=1S/C21H27N3O2.HI/c1-2-26-19-10-8-17(9-11-19)21(12-14-25-15-13-21)16-23-20(22)24-18-6-4-3-5-7-18;/h3-11H,2,12-16H2,1H3,(H3,22,23,24);1H. The van der Waals surface area contributed by atoms with Crippen molar-refractivity contribution in [3.05, 3.63) is 60.2 Å². The zero-order chi connectivity index (χ0) is 18.2. The molecule has 0 radical (unpaired) electrons. The molecule has 0 aromatic heterocycles. The Hall–Kier alpha value is -1.80. The molecule has 1 aliphatic heterocycles. The monoisotopic (exact) mass is 481 g/mol. The van der Waals surface area contributed by atoms with Crippen LogP contribution in [0.2, 0.25) is 0 Å². The topological polar surface area (TPSA) is 68.9 Å². The zero-order valence-electron chi connectivity index (χ0n) is 15.7. The Morgan fingerprint density at radius 3 is 2.41 bits per heavy atom. The van der Waals surface area contributed by atoms with Gasteiger partial charge in [0.05, 0.1) is 13.2 Å². The largest absolute Gasteiger partial charge is 0.494 e. The van der Waals surface area contributed by atoms with Crippen LogP contribution in [0.25, 0.3) is 0 Å². The third-order valence-corrected chi connectivity index (χ3v) is 4.83. The van der Waals surface area contributed by atoms with Crippen molar-refractivity contribution in [1.29, 1.82) is 0 Å². The van der Waals surface area contributed by atoms with Gasteiger partial charge in [0.1, 0.15) is 5.75 Å². The lowest BCUT2D eigenvalue weighted by Gasteiger charge is -2.36. The predicted octanol–water partition coefficient (Wildman–Crippen LogP) is 4.18. The summed E-state index contributed by atoms with van der Waals surface area (Å²) in [5.74, 6) is 1.33. The second-order valence-corrected chi connectivity index (χ2v) is 6.54. The van der Waals surface area contributed by atoms with Gasteiger partial charge in [-0.1, -0.05) is 30.3 Å². The van der Waals surface area contributed by atoms with Crippen LogP contribution in [0.1, 0.15) is 25.3 Å². The van der Waals surface area contributed by atoms with Crippen LogP contribution in [0.15, 0.2) is 59.6 Å². The van der Waals surface area contributed by atoms with Crippen molar-refractivity contribution >= 4 is 35.6 Å². The van der Waals surface area contributed by atoms with Crippen molar-refractivity contribution < 1.29 is 9.47 Å². The number of hydrogen-bond donors (Lipinski definition) is 2. The Morgan fingerprint density at radius 2 is 1.78 bits per heavy atom. The van der Waals surface area contributed by atoms with Crippen molar-refractivity contribution in [2.45, 2.75) is 25.2 Å². The smallest absolute Gasteiger partial charge is 0.193 e. The highest BCUT2D eigenvalue weighted by atomic mass is 127. The molecule has 3 N–H and O–H groups in total. The molecule has 0 saturated carbocycles. The van der Waals surface area contributed by atoms with E-state index in [-0.39, 0.29) is 29.4 Å². The van der Waals surface area contributed by atoms with Gasteiger partial charge in [0.15, 0.2) is 5.96 Å². The van der Waals surface area contributed by atoms with Gasteiger partial charge in [-0.25, -0.2) is 0 Å². The molecular formula is C21H28IN3O2. The van der Waals surface area contributed by atoms with Gasteiger partial charge in [-0.05, 0) is 49.6 Å². The van der Waals surface area contributed by atoms with Crippen LogP contribution in [0.3, 0.4) is 0 Å². The van der Waals surface area contributed by atoms with Gasteiger partial charge in [-0.15, -0.1) is 24.0 Å². The molecular weight excluding hydrogens is 453 g/mol. The molecule has 27 heavy (non-hydrogen) atoms. The van der Waals surface area contributed by atoms with Gasteiger partial charge >= 0.3 is 0 Å². The van der Waals surface area contributed by atoms with Gasteiger partial charge < -0.3 is 20.5 Å². The summed E-state index contributed by atoms with van der Waals surface area (Å²) in [5, 5.41) is 3.15. The molecule has 2 aromatic carbocycles. The Bertz CT molecular complexity index is 714. The number of aliphatic imine (C=N–C) groups is 1. The molecule has 6 heteroatoms. The quantitative estimate of drug-likeness (QED) is 0.369. The minimum absolute atomic E-state index is 0. The van der Waals surface area contributed by atoms with Crippen LogP contribution >= 0.6 is 24.0 Å². The average Bonchev–Trinajstić information content (AvgIpc) is 2.69. The van der Waals surface area contributed by atoms with E-state index in [1.807, 2.05) is 49.4 Å². The molecule has 5 nitrogen and oxygen atoms in total. The summed E-state index contributed by atoms with van der Waals surface area (Å²) in [4.78, 5) is 4.65. The summed E-state index contributed by atoms with van der Waals surface area (Å²) >= 11 is 0. The van der Waals surface area contributed by atoms with Gasteiger partial charge in [0, 0.05) is 24.3 Å². The minimum atomic E-state index is -0.0496. The van der Waals surface area contributed by atoms with Crippen LogP contribution in [0, 0.1) is 0 Å². The number of hydrogen-bond acceptors (Lipinski definition) is 3. The highest BCUT2D eigenvalue weighted by molar-refractivity contribution is 14.0. The minimum Gasteiger partial charge on any atom is -0.494 e. The summed E-state index contributed by atoms with van der Waals surface area (Å²) in [6.45, 7) is 4.79. The van der Waals surface area contributed by atoms with Crippen molar-refractivity contribution in [3.63, 3.8) is 0 Å². The van der Waals surface area contributed by atoms with E-state index in [2.05, 4.69) is 22.4 Å². The van der Waals surface area contributed by atoms with Crippen LogP contribution in [-0.2, 0) is 10.2 Å². The second-order valence-electron chi connectivity index (χ2n) is 6.54. The molecule has 2 aromatic rings. The molecule has 1 aliphatic rings. The lowest BCUT2D eigenvalue weighted by molar-refractivity contribution is 0.0531. The molecule has 0 unspecified atom stereocenters. The molecule has 0 aliphatic carbocycles. The van der Waals surface area contributed by atoms with Crippen LogP contribution in [-0.4, -0.2) is 32.3 Å². The fourth-order valence-electron chi connectivity index (χ4n) is 3.32. The number of nitrogens with zero attached hydrogens (tertiary/aromatic N) is 1. The summed E-state index contributed by atoms with van der Waals surface area (Å²) in [6.07, 6.45) is 1.87. The van der Waals surface area contributed by atoms with Gasteiger partial charge in [-0.3, -0.25) is 4.99 Å². The third-order valence-electron chi connectivity index (χ3n) is 4.83. The molecule has 0 atom stereocenters. The Labute approximate surface area is 178 Å². The highest BCUT2D eigenvalue weighted by Gasteiger charge is 2.34. The van der Waals surface area contributed by atoms with Crippen LogP contribution < -0.4 is 15.8 Å². The second kappa shape index (κ2) is 10.5. The Kier molecular flexibility index (Phi) is 8.37. The number of benzene rings is 2. The van der Waals surface area contributed by atoms with E-state index in [4.69, 9.17) is 15.2 Å². The van der Waals surface area contributed by atoms with Crippen LogP contribution in [0.4, 0.5) is 5.69 Å². The van der Waals surface area contributed by atoms with E-state index >= 15 is 0 Å². The molecule has 1 heterocycles. The van der Waals surface area contributed by atoms with Crippen molar-refractivity contribution in [2.75, 3.05) is 31.7 Å². The van der Waals surface area contributed by atoms with Crippen molar-refractivity contribution in [3.8, 4) is 5.75 Å². The molecule has 0 spiro atoms. The average molecular weight is 481 g/mol. The number of ether oxygens (including phenoxy) is 2. The Morgan fingerprint density at radius 1 is 1.11 bits per heavy atom. The summed E-state index contributed by atoms with van der Waals surface area (Å²) < 4.78 is 11.2. The number of nitrogens with two attached hydrogens (primary N) is 1. The molecule has 0 amide bonds. The molecule has 146 valence electrons. The van der Waals surface area contributed by atoms with E-state index in [1.165, 1.54) is 5.56 Å². The first-order valence-corrected chi connectivity index (χ1v) is 9.15. The summed E-state index contributed by atoms with van der Waals surface area (Å²) in [6, 6.07) is 18.2. The van der Waals surface area contributed by atoms with Gasteiger partial charge in [0.25, 0.3) is 0 Å². The van der Waals surface area contributed by atoms with Crippen molar-refractivity contribution in [1.82, 2.24) is 0 Å². The highest BCUT2D eigenvalue weighted by Crippen LogP contribution is 2.36. The van der Waals surface area contributed by atoms with E-state index in [9.17, 15) is 0 Å². The zero-order valence-corrected chi connectivity index (χ0v) is 18.0. The number of rotatable bonds is 6. The van der Waals surface area contributed by atoms with E-state index in [0.29, 0.717) is 19.1 Å². The van der Waals surface area contributed by atoms with Crippen molar-refractivity contribution in [2.24, 2.45) is 10.7 Å². The van der Waals surface area contributed by atoms with E-state index < -0.39 is 0 Å². The number of guanidine groups is 1. The molecule has 3 rings (SSSR count). The maximum Gasteiger partial charge on any atom is 0.193 e. The number of halogens is 1. The fourth-order valence-corrected chi connectivity index (χ4v) is 3.32. The van der Waals surface area contributed by atoms with E-state index in [1.54, 1.807) is 0 Å². The lowest BCUT2D eigenvalue weighted by atomic mass is 9.74. The summed E-state index contributed by atoms with van der Waals surface area (Å²) in [5.41, 5.74) is 8.27. The maximum absolute atomic E-state index is 6.11. The number of para-hydroxylation sites is 1. The summed E-state index contributed by atoms with van der Waals surface area (Å²) in [7, 11) is 0. The SMILES string of the molecule is CCOc1ccc(C2(CN=C(N)Nc3ccccc3)CCOCC2)cc1.I. The first-order valence-electron chi connectivity index (χ1n) is 9.15. The van der Waals surface area contributed by atoms with E-state index in [0.717, 1.165) is 37.5 Å². The third kappa shape index (κ3) is 5.84. The Balaban J connectivity index is 0.00000261. The number of nitrogens with one attached hydrogen (secondary N) is 1. The molecule has 1 saturated heterocycles. The molecule has 1 fully saturated rings. The van der Waals surface area contributed by atoms with Gasteiger partial charge in [0.2, 0.25) is 0 Å². The predicted molar refractivity (Wildman–Crippen MR) is 121 cm³/mol. The fraction of sp³-hybridized carbons (Fsp3) is 0.381. The maximum atomic E-state index is 6.11. The number of anilines is 1. The normalized spacial score (nSPS) is 16.3. The first kappa shape index (κ1) is 21.5. The van der Waals surface area contributed by atoms with Crippen LogP contribution in [0.5, 0.6) is 5.75 Å². The lowest BCUT2D eigenvalue weighted by Crippen LogP contribution is -2.38.